The lowest BCUT2D eigenvalue weighted by molar-refractivity contribution is 0.654. The van der Waals surface area contributed by atoms with E-state index in [-0.39, 0.29) is 0 Å². The Morgan fingerprint density at radius 1 is 1.30 bits per heavy atom. The van der Waals surface area contributed by atoms with E-state index in [1.54, 1.807) is 0 Å². The van der Waals surface area contributed by atoms with Crippen LogP contribution in [0.15, 0.2) is 18.6 Å². The van der Waals surface area contributed by atoms with Crippen molar-refractivity contribution < 1.29 is 0 Å². The fourth-order valence-corrected chi connectivity index (χ4v) is 2.95. The van der Waals surface area contributed by atoms with Crippen molar-refractivity contribution in [1.29, 1.82) is 0 Å². The molecule has 3 rings (SSSR count). The number of nitrogens with zero attached hydrogens (tertiary/aromatic N) is 3. The van der Waals surface area contributed by atoms with Crippen LogP contribution in [0.25, 0.3) is 5.82 Å². The van der Waals surface area contributed by atoms with Gasteiger partial charge in [0.1, 0.15) is 6.33 Å². The maximum atomic E-state index is 6.40. The Labute approximate surface area is 124 Å². The summed E-state index contributed by atoms with van der Waals surface area (Å²) in [6.45, 7) is 3.82. The fourth-order valence-electron chi connectivity index (χ4n) is 2.67. The van der Waals surface area contributed by atoms with Gasteiger partial charge in [0.25, 0.3) is 0 Å². The molecule has 2 heterocycles. The van der Waals surface area contributed by atoms with Gasteiger partial charge in [0.05, 0.1) is 10.7 Å². The van der Waals surface area contributed by atoms with E-state index in [4.69, 9.17) is 11.6 Å². The molecule has 0 aliphatic heterocycles. The van der Waals surface area contributed by atoms with Gasteiger partial charge in [-0.25, -0.2) is 9.97 Å². The number of pyridine rings is 1. The highest BCUT2D eigenvalue weighted by Gasteiger charge is 2.18. The number of aromatic nitrogens is 3. The summed E-state index contributed by atoms with van der Waals surface area (Å²) in [6, 6.07) is 1.99. The summed E-state index contributed by atoms with van der Waals surface area (Å²) in [6.07, 6.45) is 8.32. The van der Waals surface area contributed by atoms with E-state index in [1.807, 2.05) is 23.2 Å². The molecular weight excluding hydrogens is 272 g/mol. The van der Waals surface area contributed by atoms with Gasteiger partial charge >= 0.3 is 0 Å². The standard InChI is InChI=1S/C15H19ClN4/c1-2-17-8-11-7-12(16)15(18-9-11)20-10-19-13-5-3-4-6-14(13)20/h7,9-10,17H,2-6,8H2,1H3. The molecule has 0 aromatic carbocycles. The van der Waals surface area contributed by atoms with Crippen LogP contribution in [0.5, 0.6) is 0 Å². The molecule has 4 nitrogen and oxygen atoms in total. The highest BCUT2D eigenvalue weighted by molar-refractivity contribution is 6.32. The summed E-state index contributed by atoms with van der Waals surface area (Å²) in [7, 11) is 0. The van der Waals surface area contributed by atoms with Crippen molar-refractivity contribution in [3.63, 3.8) is 0 Å². The average Bonchev–Trinajstić information content (AvgIpc) is 2.89. The van der Waals surface area contributed by atoms with Crippen LogP contribution in [0, 0.1) is 0 Å². The average molecular weight is 291 g/mol. The van der Waals surface area contributed by atoms with Gasteiger partial charge in [-0.1, -0.05) is 18.5 Å². The Kier molecular flexibility index (Phi) is 4.03. The molecule has 1 aliphatic carbocycles. The second-order valence-corrected chi connectivity index (χ2v) is 5.55. The predicted molar refractivity (Wildman–Crippen MR) is 80.4 cm³/mol. The zero-order valence-electron chi connectivity index (χ0n) is 11.7. The molecule has 2 aromatic rings. The normalized spacial score (nSPS) is 14.3. The first kappa shape index (κ1) is 13.6. The van der Waals surface area contributed by atoms with Gasteiger partial charge in [0.15, 0.2) is 5.82 Å². The monoisotopic (exact) mass is 290 g/mol. The molecule has 1 aliphatic rings. The maximum absolute atomic E-state index is 6.40. The van der Waals surface area contributed by atoms with E-state index < -0.39 is 0 Å². The smallest absolute Gasteiger partial charge is 0.156 e. The Bertz CT molecular complexity index is 606. The van der Waals surface area contributed by atoms with Crippen LogP contribution in [0.2, 0.25) is 5.02 Å². The molecule has 20 heavy (non-hydrogen) atoms. The summed E-state index contributed by atoms with van der Waals surface area (Å²) in [4.78, 5) is 9.03. The lowest BCUT2D eigenvalue weighted by Gasteiger charge is -2.14. The van der Waals surface area contributed by atoms with Crippen molar-refractivity contribution in [2.45, 2.75) is 39.2 Å². The first-order valence-corrected chi connectivity index (χ1v) is 7.58. The summed E-state index contributed by atoms with van der Waals surface area (Å²) >= 11 is 6.40. The van der Waals surface area contributed by atoms with Crippen molar-refractivity contribution in [2.75, 3.05) is 6.54 Å². The van der Waals surface area contributed by atoms with Crippen molar-refractivity contribution in [2.24, 2.45) is 0 Å². The van der Waals surface area contributed by atoms with E-state index in [1.165, 1.54) is 24.2 Å². The molecule has 0 saturated heterocycles. The SMILES string of the molecule is CCNCc1cnc(-n2cnc3c2CCCC3)c(Cl)c1. The van der Waals surface area contributed by atoms with Crippen LogP contribution in [-0.2, 0) is 19.4 Å². The first-order chi connectivity index (χ1) is 9.79. The number of rotatable bonds is 4. The highest BCUT2D eigenvalue weighted by Crippen LogP contribution is 2.26. The third-order valence-electron chi connectivity index (χ3n) is 3.72. The van der Waals surface area contributed by atoms with E-state index in [0.717, 1.165) is 37.3 Å². The Morgan fingerprint density at radius 2 is 2.15 bits per heavy atom. The molecule has 5 heteroatoms. The van der Waals surface area contributed by atoms with Gasteiger partial charge in [-0.2, -0.15) is 0 Å². The van der Waals surface area contributed by atoms with Crippen LogP contribution >= 0.6 is 11.6 Å². The summed E-state index contributed by atoms with van der Waals surface area (Å²) in [5.74, 6) is 0.794. The lowest BCUT2D eigenvalue weighted by atomic mass is 10.0. The quantitative estimate of drug-likeness (QED) is 0.941. The Balaban J connectivity index is 1.92. The lowest BCUT2D eigenvalue weighted by Crippen LogP contribution is -2.13. The molecule has 0 fully saturated rings. The number of halogens is 1. The second kappa shape index (κ2) is 5.94. The van der Waals surface area contributed by atoms with Gasteiger partial charge in [-0.05, 0) is 43.9 Å². The Morgan fingerprint density at radius 3 is 2.95 bits per heavy atom. The van der Waals surface area contributed by atoms with E-state index >= 15 is 0 Å². The number of hydrogen-bond donors (Lipinski definition) is 1. The molecule has 1 N–H and O–H groups in total. The minimum Gasteiger partial charge on any atom is -0.313 e. The van der Waals surface area contributed by atoms with Crippen LogP contribution in [0.4, 0.5) is 0 Å². The second-order valence-electron chi connectivity index (χ2n) is 5.14. The van der Waals surface area contributed by atoms with E-state index in [0.29, 0.717) is 5.02 Å². The molecule has 0 spiro atoms. The molecule has 0 amide bonds. The van der Waals surface area contributed by atoms with Crippen molar-refractivity contribution in [1.82, 2.24) is 19.9 Å². The summed E-state index contributed by atoms with van der Waals surface area (Å²) in [5, 5.41) is 3.96. The molecule has 0 saturated carbocycles. The van der Waals surface area contributed by atoms with Gasteiger partial charge in [-0.3, -0.25) is 4.57 Å². The van der Waals surface area contributed by atoms with Gasteiger partial charge in [0.2, 0.25) is 0 Å². The largest absolute Gasteiger partial charge is 0.313 e. The van der Waals surface area contributed by atoms with Crippen LogP contribution in [0.1, 0.15) is 36.7 Å². The van der Waals surface area contributed by atoms with Crippen molar-refractivity contribution in [3.05, 3.63) is 40.6 Å². The molecule has 0 atom stereocenters. The van der Waals surface area contributed by atoms with E-state index in [2.05, 4.69) is 22.2 Å². The van der Waals surface area contributed by atoms with Crippen LogP contribution < -0.4 is 5.32 Å². The zero-order chi connectivity index (χ0) is 13.9. The number of aryl methyl sites for hydroxylation is 1. The molecular formula is C15H19ClN4. The third-order valence-corrected chi connectivity index (χ3v) is 3.99. The molecule has 0 radical (unpaired) electrons. The summed E-state index contributed by atoms with van der Waals surface area (Å²) < 4.78 is 2.05. The summed E-state index contributed by atoms with van der Waals surface area (Å²) in [5.41, 5.74) is 3.57. The van der Waals surface area contributed by atoms with Gasteiger partial charge in [0, 0.05) is 18.4 Å². The molecule has 0 unspecified atom stereocenters. The zero-order valence-corrected chi connectivity index (χ0v) is 12.5. The van der Waals surface area contributed by atoms with Gasteiger partial charge < -0.3 is 5.32 Å². The molecule has 106 valence electrons. The number of hydrogen-bond acceptors (Lipinski definition) is 3. The highest BCUT2D eigenvalue weighted by atomic mass is 35.5. The van der Waals surface area contributed by atoms with Gasteiger partial charge in [-0.15, -0.1) is 0 Å². The minimum atomic E-state index is 0.686. The number of imidazole rings is 1. The van der Waals surface area contributed by atoms with E-state index in [9.17, 15) is 0 Å². The van der Waals surface area contributed by atoms with Crippen molar-refractivity contribution in [3.8, 4) is 5.82 Å². The number of nitrogens with one attached hydrogen (secondary N) is 1. The fraction of sp³-hybridized carbons (Fsp3) is 0.467. The number of fused-ring (bicyclic) bond motifs is 1. The predicted octanol–water partition coefficient (Wildman–Crippen LogP) is 2.91. The van der Waals surface area contributed by atoms with Crippen LogP contribution in [-0.4, -0.2) is 21.1 Å². The maximum Gasteiger partial charge on any atom is 0.156 e. The Hall–Kier alpha value is -1.39. The topological polar surface area (TPSA) is 42.7 Å². The van der Waals surface area contributed by atoms with Crippen LogP contribution in [0.3, 0.4) is 0 Å². The molecule has 2 aromatic heterocycles. The first-order valence-electron chi connectivity index (χ1n) is 7.20. The molecule has 0 bridgehead atoms. The van der Waals surface area contributed by atoms with Crippen molar-refractivity contribution >= 4 is 11.6 Å². The minimum absolute atomic E-state index is 0.686. The third kappa shape index (κ3) is 2.58.